The van der Waals surface area contributed by atoms with Gasteiger partial charge in [-0.05, 0) is 12.8 Å². The third-order valence-electron chi connectivity index (χ3n) is 3.79. The molecule has 2 unspecified atom stereocenters. The minimum Gasteiger partial charge on any atom is -0.368 e. The zero-order chi connectivity index (χ0) is 16.7. The molecule has 3 N–H and O–H groups in total. The Labute approximate surface area is 131 Å². The van der Waals surface area contributed by atoms with Crippen LogP contribution in [0.15, 0.2) is 24.3 Å². The van der Waals surface area contributed by atoms with Crippen LogP contribution in [0, 0.1) is 12.8 Å². The van der Waals surface area contributed by atoms with Crippen molar-refractivity contribution < 1.29 is 14.4 Å². The van der Waals surface area contributed by atoms with Crippen molar-refractivity contribution in [2.75, 3.05) is 0 Å². The maximum atomic E-state index is 12.0. The Morgan fingerprint density at radius 1 is 1.14 bits per heavy atom. The monoisotopic (exact) mass is 304 g/mol. The minimum atomic E-state index is -0.688. The fraction of sp³-hybridized carbons (Fsp3) is 0.471. The number of primary amides is 1. The first-order valence-corrected chi connectivity index (χ1v) is 7.53. The smallest absolute Gasteiger partial charge is 0.240 e. The van der Waals surface area contributed by atoms with Gasteiger partial charge < -0.3 is 11.1 Å². The second-order valence-electron chi connectivity index (χ2n) is 5.62. The standard InChI is InChI=1S/C17H24N2O3/c1-4-12(3)16(17(18)22)19-15(21)10-9-14(20)13-7-5-11(2)6-8-13/h5-8,12,16H,4,9-10H2,1-3H3,(H2,18,22)(H,19,21). The highest BCUT2D eigenvalue weighted by Gasteiger charge is 2.23. The average molecular weight is 304 g/mol. The molecule has 0 radical (unpaired) electrons. The molecule has 0 heterocycles. The summed E-state index contributed by atoms with van der Waals surface area (Å²) in [6.45, 7) is 5.72. The van der Waals surface area contributed by atoms with Gasteiger partial charge in [0.15, 0.2) is 5.78 Å². The SMILES string of the molecule is CCC(C)C(NC(=O)CCC(=O)c1ccc(C)cc1)C(N)=O. The molecule has 2 amide bonds. The quantitative estimate of drug-likeness (QED) is 0.720. The van der Waals surface area contributed by atoms with Crippen LogP contribution < -0.4 is 11.1 Å². The van der Waals surface area contributed by atoms with Gasteiger partial charge in [-0.15, -0.1) is 0 Å². The summed E-state index contributed by atoms with van der Waals surface area (Å²) in [4.78, 5) is 35.3. The van der Waals surface area contributed by atoms with Crippen molar-refractivity contribution in [1.29, 1.82) is 0 Å². The third kappa shape index (κ3) is 5.31. The largest absolute Gasteiger partial charge is 0.368 e. The number of carbonyl (C=O) groups excluding carboxylic acids is 3. The van der Waals surface area contributed by atoms with Crippen molar-refractivity contribution in [3.63, 3.8) is 0 Å². The highest BCUT2D eigenvalue weighted by molar-refractivity contribution is 5.98. The molecule has 1 rings (SSSR count). The van der Waals surface area contributed by atoms with Gasteiger partial charge in [-0.2, -0.15) is 0 Å². The third-order valence-corrected chi connectivity index (χ3v) is 3.79. The van der Waals surface area contributed by atoms with Gasteiger partial charge in [-0.3, -0.25) is 14.4 Å². The molecule has 0 bridgehead atoms. The molecule has 5 heteroatoms. The lowest BCUT2D eigenvalue weighted by atomic mass is 9.98. The molecule has 1 aromatic carbocycles. The van der Waals surface area contributed by atoms with Gasteiger partial charge in [0, 0.05) is 18.4 Å². The molecule has 22 heavy (non-hydrogen) atoms. The Bertz CT molecular complexity index is 537. The maximum Gasteiger partial charge on any atom is 0.240 e. The number of nitrogens with one attached hydrogen (secondary N) is 1. The molecule has 0 saturated carbocycles. The molecule has 0 aliphatic carbocycles. The Kier molecular flexibility index (Phi) is 6.76. The summed E-state index contributed by atoms with van der Waals surface area (Å²) in [6.07, 6.45) is 0.893. The van der Waals surface area contributed by atoms with Crippen LogP contribution in [-0.4, -0.2) is 23.6 Å². The molecule has 2 atom stereocenters. The zero-order valence-electron chi connectivity index (χ0n) is 13.4. The van der Waals surface area contributed by atoms with Crippen LogP contribution in [0.1, 0.15) is 49.0 Å². The maximum absolute atomic E-state index is 12.0. The van der Waals surface area contributed by atoms with Gasteiger partial charge in [-0.1, -0.05) is 50.1 Å². The normalized spacial score (nSPS) is 13.2. The number of hydrogen-bond donors (Lipinski definition) is 2. The topological polar surface area (TPSA) is 89.3 Å². The predicted octanol–water partition coefficient (Wildman–Crippen LogP) is 1.97. The molecular formula is C17H24N2O3. The zero-order valence-corrected chi connectivity index (χ0v) is 13.4. The number of rotatable bonds is 8. The van der Waals surface area contributed by atoms with Gasteiger partial charge >= 0.3 is 0 Å². The Morgan fingerprint density at radius 2 is 1.73 bits per heavy atom. The van der Waals surface area contributed by atoms with E-state index in [1.54, 1.807) is 12.1 Å². The van der Waals surface area contributed by atoms with E-state index < -0.39 is 11.9 Å². The van der Waals surface area contributed by atoms with E-state index in [0.717, 1.165) is 12.0 Å². The van der Waals surface area contributed by atoms with Crippen LogP contribution >= 0.6 is 0 Å². The number of aryl methyl sites for hydroxylation is 1. The van der Waals surface area contributed by atoms with Crippen molar-refractivity contribution in [3.05, 3.63) is 35.4 Å². The van der Waals surface area contributed by atoms with E-state index in [9.17, 15) is 14.4 Å². The minimum absolute atomic E-state index is 0.0331. The van der Waals surface area contributed by atoms with Crippen molar-refractivity contribution in [2.24, 2.45) is 11.7 Å². The average Bonchev–Trinajstić information content (AvgIpc) is 2.49. The molecule has 1 aromatic rings. The fourth-order valence-corrected chi connectivity index (χ4v) is 2.09. The molecule has 5 nitrogen and oxygen atoms in total. The van der Waals surface area contributed by atoms with Crippen molar-refractivity contribution in [1.82, 2.24) is 5.32 Å². The van der Waals surface area contributed by atoms with Gasteiger partial charge in [-0.25, -0.2) is 0 Å². The van der Waals surface area contributed by atoms with E-state index in [0.29, 0.717) is 5.56 Å². The summed E-state index contributed by atoms with van der Waals surface area (Å²) < 4.78 is 0. The summed E-state index contributed by atoms with van der Waals surface area (Å²) >= 11 is 0. The van der Waals surface area contributed by atoms with E-state index in [2.05, 4.69) is 5.32 Å². The molecule has 0 aliphatic rings. The second kappa shape index (κ2) is 8.32. The van der Waals surface area contributed by atoms with Crippen LogP contribution in [0.3, 0.4) is 0 Å². The first-order chi connectivity index (χ1) is 10.3. The van der Waals surface area contributed by atoms with Crippen LogP contribution in [0.2, 0.25) is 0 Å². The Morgan fingerprint density at radius 3 is 2.23 bits per heavy atom. The van der Waals surface area contributed by atoms with Crippen LogP contribution in [-0.2, 0) is 9.59 Å². The summed E-state index contributed by atoms with van der Waals surface area (Å²) in [5.41, 5.74) is 6.97. The highest BCUT2D eigenvalue weighted by Crippen LogP contribution is 2.10. The predicted molar refractivity (Wildman–Crippen MR) is 85.3 cm³/mol. The Balaban J connectivity index is 2.53. The van der Waals surface area contributed by atoms with Crippen molar-refractivity contribution >= 4 is 17.6 Å². The molecule has 120 valence electrons. The first kappa shape index (κ1) is 17.9. The lowest BCUT2D eigenvalue weighted by Gasteiger charge is -2.21. The summed E-state index contributed by atoms with van der Waals surface area (Å²) in [5.74, 6) is -0.999. The van der Waals surface area contributed by atoms with E-state index in [1.807, 2.05) is 32.9 Å². The number of ketones is 1. The summed E-state index contributed by atoms with van der Waals surface area (Å²) in [5, 5.41) is 2.62. The first-order valence-electron chi connectivity index (χ1n) is 7.53. The van der Waals surface area contributed by atoms with E-state index in [1.165, 1.54) is 0 Å². The molecule has 0 saturated heterocycles. The number of Topliss-reactive ketones (excluding diaryl/α,β-unsaturated/α-hetero) is 1. The molecule has 0 aliphatic heterocycles. The van der Waals surface area contributed by atoms with Gasteiger partial charge in [0.25, 0.3) is 0 Å². The van der Waals surface area contributed by atoms with Gasteiger partial charge in [0.1, 0.15) is 6.04 Å². The van der Waals surface area contributed by atoms with Gasteiger partial charge in [0.05, 0.1) is 0 Å². The summed E-state index contributed by atoms with van der Waals surface area (Å²) in [6, 6.07) is 6.53. The molecule has 0 fully saturated rings. The van der Waals surface area contributed by atoms with E-state index in [4.69, 9.17) is 5.73 Å². The summed E-state index contributed by atoms with van der Waals surface area (Å²) in [7, 11) is 0. The number of benzene rings is 1. The molecular weight excluding hydrogens is 280 g/mol. The van der Waals surface area contributed by atoms with Gasteiger partial charge in [0.2, 0.25) is 11.8 Å². The molecule has 0 aromatic heterocycles. The molecule has 0 spiro atoms. The number of carbonyl (C=O) groups is 3. The highest BCUT2D eigenvalue weighted by atomic mass is 16.2. The van der Waals surface area contributed by atoms with Crippen LogP contribution in [0.4, 0.5) is 0 Å². The van der Waals surface area contributed by atoms with Crippen molar-refractivity contribution in [2.45, 2.75) is 46.1 Å². The second-order valence-corrected chi connectivity index (χ2v) is 5.62. The van der Waals surface area contributed by atoms with Crippen LogP contribution in [0.5, 0.6) is 0 Å². The van der Waals surface area contributed by atoms with Crippen molar-refractivity contribution in [3.8, 4) is 0 Å². The number of nitrogens with two attached hydrogens (primary N) is 1. The number of amides is 2. The fourth-order valence-electron chi connectivity index (χ4n) is 2.09. The lowest BCUT2D eigenvalue weighted by molar-refractivity contribution is -0.128. The van der Waals surface area contributed by atoms with Crippen LogP contribution in [0.25, 0.3) is 0 Å². The Hall–Kier alpha value is -2.17. The van der Waals surface area contributed by atoms with E-state index >= 15 is 0 Å². The van der Waals surface area contributed by atoms with E-state index in [-0.39, 0.29) is 30.4 Å². The lowest BCUT2D eigenvalue weighted by Crippen LogP contribution is -2.48. The number of hydrogen-bond acceptors (Lipinski definition) is 3.